The van der Waals surface area contributed by atoms with Crippen LogP contribution in [0.5, 0.6) is 5.75 Å². The van der Waals surface area contributed by atoms with E-state index in [1.165, 1.54) is 0 Å². The van der Waals surface area contributed by atoms with E-state index < -0.39 is 35.3 Å². The first kappa shape index (κ1) is 27.9. The first-order valence-electron chi connectivity index (χ1n) is 13.9. The lowest BCUT2D eigenvalue weighted by Gasteiger charge is -2.32. The number of hydrogen-bond acceptors (Lipinski definition) is 9. The molecule has 0 unspecified atom stereocenters. The third kappa shape index (κ3) is 6.55. The number of aliphatic hydroxyl groups excluding tert-OH is 1. The molecule has 1 aliphatic heterocycles. The first-order valence-corrected chi connectivity index (χ1v) is 13.9. The highest BCUT2D eigenvalue weighted by atomic mass is 19.1. The average Bonchev–Trinajstić information content (AvgIpc) is 3.60. The van der Waals surface area contributed by atoms with Crippen LogP contribution in [-0.2, 0) is 6.42 Å². The van der Waals surface area contributed by atoms with Crippen LogP contribution in [0.3, 0.4) is 0 Å². The molecule has 0 spiro atoms. The predicted octanol–water partition coefficient (Wildman–Crippen LogP) is 4.09. The molecule has 2 N–H and O–H groups in total. The number of carbonyl (C=O) groups excluding carboxylic acids is 1. The number of hydrogen-bond donors (Lipinski definition) is 2. The van der Waals surface area contributed by atoms with Gasteiger partial charge in [0.05, 0.1) is 24.3 Å². The van der Waals surface area contributed by atoms with Gasteiger partial charge in [0, 0.05) is 44.0 Å². The van der Waals surface area contributed by atoms with E-state index in [2.05, 4.69) is 30.3 Å². The van der Waals surface area contributed by atoms with Crippen molar-refractivity contribution < 1.29 is 27.9 Å². The second kappa shape index (κ2) is 12.7. The van der Waals surface area contributed by atoms with Crippen LogP contribution in [0.2, 0.25) is 0 Å². The number of nitrogens with zero attached hydrogens (tertiary/aromatic N) is 5. The van der Waals surface area contributed by atoms with Crippen molar-refractivity contribution >= 4 is 11.9 Å². The summed E-state index contributed by atoms with van der Waals surface area (Å²) in [5.74, 6) is -0.536. The fourth-order valence-electron chi connectivity index (χ4n) is 5.30. The summed E-state index contributed by atoms with van der Waals surface area (Å²) in [5, 5.41) is 16.3. The van der Waals surface area contributed by atoms with Crippen molar-refractivity contribution in [2.24, 2.45) is 5.92 Å². The van der Waals surface area contributed by atoms with Crippen molar-refractivity contribution in [1.82, 2.24) is 25.4 Å². The number of piperidine rings is 1. The molecule has 12 heteroatoms. The van der Waals surface area contributed by atoms with Crippen LogP contribution in [0.4, 0.5) is 14.7 Å². The Morgan fingerprint density at radius 3 is 2.50 bits per heavy atom. The maximum atomic E-state index is 14.6. The topological polar surface area (TPSA) is 126 Å². The molecule has 1 saturated carbocycles. The van der Waals surface area contributed by atoms with Gasteiger partial charge in [-0.2, -0.15) is 4.98 Å². The predicted molar refractivity (Wildman–Crippen MR) is 142 cm³/mol. The molecule has 1 amide bonds. The molecule has 2 atom stereocenters. The average molecular weight is 557 g/mol. The van der Waals surface area contributed by atoms with Crippen molar-refractivity contribution in [2.75, 3.05) is 24.6 Å². The minimum atomic E-state index is -0.981. The molecular formula is C28H34F2N6O4. The zero-order valence-electron chi connectivity index (χ0n) is 22.5. The Labute approximate surface area is 231 Å². The molecule has 214 valence electrons. The monoisotopic (exact) mass is 556 g/mol. The van der Waals surface area contributed by atoms with Crippen molar-refractivity contribution in [2.45, 2.75) is 70.4 Å². The Kier molecular flexibility index (Phi) is 8.83. The summed E-state index contributed by atoms with van der Waals surface area (Å²) in [4.78, 5) is 27.8. The Balaban J connectivity index is 1.04. The minimum absolute atomic E-state index is 0.0506. The van der Waals surface area contributed by atoms with Gasteiger partial charge in [-0.25, -0.2) is 18.7 Å². The molecule has 0 radical (unpaired) electrons. The molecule has 2 aromatic heterocycles. The zero-order chi connectivity index (χ0) is 28.1. The van der Waals surface area contributed by atoms with E-state index in [-0.39, 0.29) is 5.75 Å². The van der Waals surface area contributed by atoms with Gasteiger partial charge in [-0.05, 0) is 50.9 Å². The number of nitrogens with one attached hydrogen (secondary N) is 1. The summed E-state index contributed by atoms with van der Waals surface area (Å²) < 4.78 is 39.9. The summed E-state index contributed by atoms with van der Waals surface area (Å²) in [6.45, 7) is 3.94. The number of halogens is 2. The standard InChI is InChI=1S/C28H34F2N6O4/c1-2-24-34-26(35-40-24)18-15-31-28(32-16-18)36-10-8-17(9-11-36)5-4-12-39-19-13-20(29)25(21(30)14-19)27(38)33-22-6-3-7-23(22)37/h13-17,22-23,37H,2-12H2,1H3,(H,33,38)/t22-,23+/m1/s1. The Morgan fingerprint density at radius 1 is 1.15 bits per heavy atom. The fourth-order valence-corrected chi connectivity index (χ4v) is 5.30. The first-order chi connectivity index (χ1) is 19.4. The zero-order valence-corrected chi connectivity index (χ0v) is 22.5. The molecule has 1 saturated heterocycles. The summed E-state index contributed by atoms with van der Waals surface area (Å²) in [6.07, 6.45) is 8.94. The van der Waals surface area contributed by atoms with Crippen molar-refractivity contribution in [3.63, 3.8) is 0 Å². The molecule has 3 aromatic rings. The van der Waals surface area contributed by atoms with E-state index in [0.717, 1.165) is 57.3 Å². The van der Waals surface area contributed by atoms with Gasteiger partial charge < -0.3 is 24.6 Å². The molecule has 0 bridgehead atoms. The van der Waals surface area contributed by atoms with E-state index in [1.54, 1.807) is 12.4 Å². The highest BCUT2D eigenvalue weighted by Crippen LogP contribution is 2.26. The summed E-state index contributed by atoms with van der Waals surface area (Å²) in [5.41, 5.74) is 0.0564. The highest BCUT2D eigenvalue weighted by molar-refractivity contribution is 5.95. The lowest BCUT2D eigenvalue weighted by Crippen LogP contribution is -2.40. The molecule has 1 aliphatic carbocycles. The van der Waals surface area contributed by atoms with Gasteiger partial charge in [-0.1, -0.05) is 12.1 Å². The van der Waals surface area contributed by atoms with Crippen LogP contribution in [0, 0.1) is 17.6 Å². The lowest BCUT2D eigenvalue weighted by molar-refractivity contribution is 0.0864. The number of rotatable bonds is 10. The van der Waals surface area contributed by atoms with Gasteiger partial charge >= 0.3 is 0 Å². The van der Waals surface area contributed by atoms with Crippen LogP contribution in [0.15, 0.2) is 29.0 Å². The number of anilines is 1. The maximum Gasteiger partial charge on any atom is 0.257 e. The van der Waals surface area contributed by atoms with E-state index in [0.29, 0.717) is 55.0 Å². The Hall–Kier alpha value is -3.67. The molecule has 3 heterocycles. The van der Waals surface area contributed by atoms with Crippen molar-refractivity contribution in [3.8, 4) is 17.1 Å². The largest absolute Gasteiger partial charge is 0.493 e. The second-order valence-electron chi connectivity index (χ2n) is 10.4. The van der Waals surface area contributed by atoms with E-state index in [9.17, 15) is 18.7 Å². The van der Waals surface area contributed by atoms with Gasteiger partial charge in [-0.15, -0.1) is 0 Å². The highest BCUT2D eigenvalue weighted by Gasteiger charge is 2.29. The molecule has 10 nitrogen and oxygen atoms in total. The molecule has 40 heavy (non-hydrogen) atoms. The Morgan fingerprint density at radius 2 is 1.88 bits per heavy atom. The second-order valence-corrected chi connectivity index (χ2v) is 10.4. The van der Waals surface area contributed by atoms with Crippen molar-refractivity contribution in [1.29, 1.82) is 0 Å². The van der Waals surface area contributed by atoms with E-state index in [4.69, 9.17) is 9.26 Å². The van der Waals surface area contributed by atoms with Gasteiger partial charge in [0.1, 0.15) is 22.9 Å². The van der Waals surface area contributed by atoms with Crippen LogP contribution < -0.4 is 15.0 Å². The third-order valence-corrected chi connectivity index (χ3v) is 7.63. The van der Waals surface area contributed by atoms with Gasteiger partial charge in [0.2, 0.25) is 17.7 Å². The number of aliphatic hydroxyl groups is 1. The van der Waals surface area contributed by atoms with Gasteiger partial charge in [0.15, 0.2) is 0 Å². The van der Waals surface area contributed by atoms with Gasteiger partial charge in [-0.3, -0.25) is 4.79 Å². The van der Waals surface area contributed by atoms with E-state index in [1.807, 2.05) is 6.92 Å². The number of ether oxygens (including phenoxy) is 1. The fraction of sp³-hybridized carbons (Fsp3) is 0.536. The normalized spacial score (nSPS) is 19.6. The van der Waals surface area contributed by atoms with Crippen molar-refractivity contribution in [3.05, 3.63) is 47.6 Å². The van der Waals surface area contributed by atoms with E-state index >= 15 is 0 Å². The summed E-state index contributed by atoms with van der Waals surface area (Å²) >= 11 is 0. The summed E-state index contributed by atoms with van der Waals surface area (Å²) in [7, 11) is 0. The summed E-state index contributed by atoms with van der Waals surface area (Å²) in [6, 6.07) is 1.58. The van der Waals surface area contributed by atoms with Crippen LogP contribution >= 0.6 is 0 Å². The SMILES string of the molecule is CCc1nc(-c2cnc(N3CCC(CCCOc4cc(F)c(C(=O)N[C@@H]5CCC[C@@H]5O)c(F)c4)CC3)nc2)no1. The smallest absolute Gasteiger partial charge is 0.257 e. The lowest BCUT2D eigenvalue weighted by atomic mass is 9.92. The Bertz CT molecular complexity index is 1270. The molecular weight excluding hydrogens is 522 g/mol. The number of carbonyl (C=O) groups is 1. The molecule has 2 aliphatic rings. The van der Waals surface area contributed by atoms with Crippen LogP contribution in [0.1, 0.15) is 68.1 Å². The number of amides is 1. The number of aryl methyl sites for hydroxylation is 1. The number of benzene rings is 1. The quantitative estimate of drug-likeness (QED) is 0.355. The number of aromatic nitrogens is 4. The minimum Gasteiger partial charge on any atom is -0.493 e. The molecule has 5 rings (SSSR count). The van der Waals surface area contributed by atoms with Gasteiger partial charge in [0.25, 0.3) is 5.91 Å². The van der Waals surface area contributed by atoms with Crippen LogP contribution in [0.25, 0.3) is 11.4 Å². The third-order valence-electron chi connectivity index (χ3n) is 7.63. The van der Waals surface area contributed by atoms with Crippen LogP contribution in [-0.4, -0.2) is 63.0 Å². The molecule has 2 fully saturated rings. The molecule has 1 aromatic carbocycles. The maximum absolute atomic E-state index is 14.6.